The van der Waals surface area contributed by atoms with Gasteiger partial charge in [-0.05, 0) is 25.3 Å². The zero-order valence-electron chi connectivity index (χ0n) is 16.5. The van der Waals surface area contributed by atoms with E-state index in [1.807, 2.05) is 4.90 Å². The molecule has 3 aromatic rings. The molecule has 2 fully saturated rings. The van der Waals surface area contributed by atoms with E-state index in [1.165, 1.54) is 16.7 Å². The lowest BCUT2D eigenvalue weighted by Crippen LogP contribution is -2.51. The summed E-state index contributed by atoms with van der Waals surface area (Å²) in [5.74, 6) is 1.11. The highest BCUT2D eigenvalue weighted by molar-refractivity contribution is 7.17. The molecule has 29 heavy (non-hydrogen) atoms. The van der Waals surface area contributed by atoms with Crippen molar-refractivity contribution in [1.82, 2.24) is 14.9 Å². The Bertz CT molecular complexity index is 1020. The van der Waals surface area contributed by atoms with Crippen molar-refractivity contribution < 1.29 is 9.53 Å². The third-order valence-corrected chi connectivity index (χ3v) is 6.70. The Hall–Kier alpha value is -2.51. The van der Waals surface area contributed by atoms with Crippen molar-refractivity contribution in [2.75, 3.05) is 37.7 Å². The minimum absolute atomic E-state index is 0.144. The van der Waals surface area contributed by atoms with Crippen molar-refractivity contribution in [1.29, 1.82) is 0 Å². The normalized spacial score (nSPS) is 19.8. The molecule has 0 N–H and O–H groups in total. The second-order valence-corrected chi connectivity index (χ2v) is 8.56. The number of carbonyl (C=O) groups is 1. The Balaban J connectivity index is 1.40. The molecule has 1 atom stereocenters. The predicted octanol–water partition coefficient (Wildman–Crippen LogP) is 3.49. The lowest BCUT2D eigenvalue weighted by molar-refractivity contribution is -0.141. The molecule has 0 aliphatic carbocycles. The highest BCUT2D eigenvalue weighted by atomic mass is 32.1. The number of fused-ring (bicyclic) bond motifs is 1. The number of piperazine rings is 1. The van der Waals surface area contributed by atoms with Crippen LogP contribution in [0, 0.1) is 6.92 Å². The molecule has 2 aromatic heterocycles. The molecule has 2 aliphatic rings. The van der Waals surface area contributed by atoms with Gasteiger partial charge in [0.05, 0.1) is 5.39 Å². The number of amides is 1. The maximum absolute atomic E-state index is 12.6. The van der Waals surface area contributed by atoms with Crippen LogP contribution in [0.15, 0.2) is 36.0 Å². The lowest BCUT2D eigenvalue weighted by atomic mass is 10.0. The number of aromatic nitrogens is 2. The Kier molecular flexibility index (Phi) is 4.93. The van der Waals surface area contributed by atoms with Crippen LogP contribution in [0.1, 0.15) is 18.4 Å². The van der Waals surface area contributed by atoms with Gasteiger partial charge in [-0.1, -0.05) is 29.8 Å². The highest BCUT2D eigenvalue weighted by Gasteiger charge is 2.31. The minimum Gasteiger partial charge on any atom is -0.368 e. The predicted molar refractivity (Wildman–Crippen MR) is 115 cm³/mol. The van der Waals surface area contributed by atoms with E-state index in [2.05, 4.69) is 51.4 Å². The van der Waals surface area contributed by atoms with E-state index in [-0.39, 0.29) is 12.0 Å². The van der Waals surface area contributed by atoms with E-state index in [0.717, 1.165) is 42.0 Å². The summed E-state index contributed by atoms with van der Waals surface area (Å²) in [4.78, 5) is 27.0. The average Bonchev–Trinajstić information content (AvgIpc) is 3.44. The van der Waals surface area contributed by atoms with E-state index in [9.17, 15) is 4.79 Å². The number of benzene rings is 1. The van der Waals surface area contributed by atoms with Crippen LogP contribution in [-0.2, 0) is 9.53 Å². The van der Waals surface area contributed by atoms with Gasteiger partial charge in [-0.2, -0.15) is 0 Å². The molecular formula is C22H24N4O2S. The summed E-state index contributed by atoms with van der Waals surface area (Å²) < 4.78 is 5.58. The maximum atomic E-state index is 12.6. The Morgan fingerprint density at radius 2 is 1.93 bits per heavy atom. The molecule has 2 saturated heterocycles. The smallest absolute Gasteiger partial charge is 0.251 e. The van der Waals surface area contributed by atoms with Gasteiger partial charge in [0.1, 0.15) is 23.1 Å². The fourth-order valence-electron chi connectivity index (χ4n) is 4.16. The third kappa shape index (κ3) is 3.49. The number of hydrogen-bond donors (Lipinski definition) is 0. The molecule has 7 heteroatoms. The first kappa shape index (κ1) is 18.5. The van der Waals surface area contributed by atoms with Crippen LogP contribution >= 0.6 is 11.3 Å². The van der Waals surface area contributed by atoms with Crippen LogP contribution in [0.2, 0.25) is 0 Å². The van der Waals surface area contributed by atoms with Crippen molar-refractivity contribution in [2.24, 2.45) is 0 Å². The number of rotatable bonds is 3. The topological polar surface area (TPSA) is 58.6 Å². The minimum atomic E-state index is -0.239. The van der Waals surface area contributed by atoms with Crippen LogP contribution < -0.4 is 4.90 Å². The maximum Gasteiger partial charge on any atom is 0.251 e. The van der Waals surface area contributed by atoms with E-state index >= 15 is 0 Å². The summed E-state index contributed by atoms with van der Waals surface area (Å²) in [6.07, 6.45) is 3.24. The first-order valence-corrected chi connectivity index (χ1v) is 11.0. The fraction of sp³-hybridized carbons (Fsp3) is 0.409. The first-order chi connectivity index (χ1) is 14.2. The molecule has 1 amide bonds. The van der Waals surface area contributed by atoms with Crippen LogP contribution in [0.5, 0.6) is 0 Å². The van der Waals surface area contributed by atoms with Gasteiger partial charge in [0, 0.05) is 43.7 Å². The number of nitrogens with zero attached hydrogens (tertiary/aromatic N) is 4. The molecule has 0 radical (unpaired) electrons. The van der Waals surface area contributed by atoms with Crippen LogP contribution in [0.25, 0.3) is 21.3 Å². The third-order valence-electron chi connectivity index (χ3n) is 5.81. The Morgan fingerprint density at radius 3 is 2.66 bits per heavy atom. The van der Waals surface area contributed by atoms with Crippen molar-refractivity contribution in [3.63, 3.8) is 0 Å². The second kappa shape index (κ2) is 7.72. The molecule has 1 unspecified atom stereocenters. The van der Waals surface area contributed by atoms with Gasteiger partial charge in [0.15, 0.2) is 0 Å². The zero-order chi connectivity index (χ0) is 19.8. The summed E-state index contributed by atoms with van der Waals surface area (Å²) in [7, 11) is 0. The van der Waals surface area contributed by atoms with Gasteiger partial charge < -0.3 is 14.5 Å². The summed E-state index contributed by atoms with van der Waals surface area (Å²) >= 11 is 1.65. The number of aryl methyl sites for hydroxylation is 1. The van der Waals surface area contributed by atoms with Crippen molar-refractivity contribution in [3.05, 3.63) is 41.5 Å². The summed E-state index contributed by atoms with van der Waals surface area (Å²) in [5.41, 5.74) is 3.61. The lowest BCUT2D eigenvalue weighted by Gasteiger charge is -2.36. The molecular weight excluding hydrogens is 384 g/mol. The van der Waals surface area contributed by atoms with Gasteiger partial charge in [-0.15, -0.1) is 11.3 Å². The summed E-state index contributed by atoms with van der Waals surface area (Å²) in [5, 5.41) is 3.28. The monoisotopic (exact) mass is 408 g/mol. The summed E-state index contributed by atoms with van der Waals surface area (Å²) in [6, 6.07) is 8.59. The molecule has 0 spiro atoms. The summed E-state index contributed by atoms with van der Waals surface area (Å²) in [6.45, 7) is 5.75. The standard InChI is InChI=1S/C22H24N4O2S/c1-15-4-6-16(7-5-15)17-13-29-21-19(17)20(23-14-24-21)25-8-10-26(11-9-25)22(27)18-3-2-12-28-18/h4-7,13-14,18H,2-3,8-12H2,1H3. The first-order valence-electron chi connectivity index (χ1n) is 10.2. The molecule has 5 rings (SSSR count). The molecule has 0 saturated carbocycles. The number of hydrogen-bond acceptors (Lipinski definition) is 6. The molecule has 2 aliphatic heterocycles. The van der Waals surface area contributed by atoms with Gasteiger partial charge in [0.2, 0.25) is 0 Å². The zero-order valence-corrected chi connectivity index (χ0v) is 17.3. The number of anilines is 1. The van der Waals surface area contributed by atoms with Gasteiger partial charge in [-0.3, -0.25) is 4.79 Å². The fourth-order valence-corrected chi connectivity index (χ4v) is 5.07. The van der Waals surface area contributed by atoms with E-state index in [0.29, 0.717) is 19.7 Å². The van der Waals surface area contributed by atoms with Crippen LogP contribution in [0.3, 0.4) is 0 Å². The number of thiophene rings is 1. The number of ether oxygens (including phenoxy) is 1. The molecule has 0 bridgehead atoms. The van der Waals surface area contributed by atoms with E-state index in [4.69, 9.17) is 4.74 Å². The molecule has 6 nitrogen and oxygen atoms in total. The average molecular weight is 409 g/mol. The quantitative estimate of drug-likeness (QED) is 0.664. The van der Waals surface area contributed by atoms with Gasteiger partial charge in [-0.25, -0.2) is 9.97 Å². The Morgan fingerprint density at radius 1 is 1.14 bits per heavy atom. The molecule has 1 aromatic carbocycles. The van der Waals surface area contributed by atoms with Gasteiger partial charge >= 0.3 is 0 Å². The van der Waals surface area contributed by atoms with E-state index in [1.54, 1.807) is 17.7 Å². The van der Waals surface area contributed by atoms with Crippen LogP contribution in [0.4, 0.5) is 5.82 Å². The molecule has 150 valence electrons. The van der Waals surface area contributed by atoms with Crippen LogP contribution in [-0.4, -0.2) is 59.7 Å². The number of carbonyl (C=O) groups excluding carboxylic acids is 1. The van der Waals surface area contributed by atoms with Crippen molar-refractivity contribution >= 4 is 33.3 Å². The SMILES string of the molecule is Cc1ccc(-c2csc3ncnc(N4CCN(C(=O)C5CCCO5)CC4)c23)cc1. The highest BCUT2D eigenvalue weighted by Crippen LogP contribution is 2.38. The van der Waals surface area contributed by atoms with Gasteiger partial charge in [0.25, 0.3) is 5.91 Å². The largest absolute Gasteiger partial charge is 0.368 e. The van der Waals surface area contributed by atoms with Crippen molar-refractivity contribution in [2.45, 2.75) is 25.9 Å². The second-order valence-electron chi connectivity index (χ2n) is 7.71. The Labute approximate surface area is 174 Å². The van der Waals surface area contributed by atoms with E-state index < -0.39 is 0 Å². The molecule has 4 heterocycles. The van der Waals surface area contributed by atoms with Crippen molar-refractivity contribution in [3.8, 4) is 11.1 Å².